The van der Waals surface area contributed by atoms with Gasteiger partial charge in [-0.3, -0.25) is 14.9 Å². The molecular formula is C8H14N2O2. The van der Waals surface area contributed by atoms with E-state index in [1.807, 2.05) is 24.3 Å². The topological polar surface area (TPSA) is 49.4 Å². The molecule has 1 N–H and O–H groups in total. The first-order chi connectivity index (χ1) is 5.66. The van der Waals surface area contributed by atoms with Gasteiger partial charge in [0.1, 0.15) is 0 Å². The van der Waals surface area contributed by atoms with Crippen LogP contribution < -0.4 is 5.32 Å². The SMILES string of the molecule is CN(C)CCC=CC(=O)NC=O. The highest BCUT2D eigenvalue weighted by Gasteiger charge is 1.90. The van der Waals surface area contributed by atoms with Crippen LogP contribution in [-0.2, 0) is 9.59 Å². The lowest BCUT2D eigenvalue weighted by Gasteiger charge is -2.05. The van der Waals surface area contributed by atoms with Crippen molar-refractivity contribution >= 4 is 12.3 Å². The number of amides is 2. The second kappa shape index (κ2) is 6.54. The van der Waals surface area contributed by atoms with Crippen LogP contribution in [0.3, 0.4) is 0 Å². The van der Waals surface area contributed by atoms with E-state index >= 15 is 0 Å². The third kappa shape index (κ3) is 6.95. The van der Waals surface area contributed by atoms with Gasteiger partial charge in [0.25, 0.3) is 0 Å². The fourth-order valence-electron chi connectivity index (χ4n) is 0.629. The first-order valence-electron chi connectivity index (χ1n) is 3.72. The average molecular weight is 170 g/mol. The molecule has 0 aromatic heterocycles. The molecule has 4 nitrogen and oxygen atoms in total. The highest BCUT2D eigenvalue weighted by Crippen LogP contribution is 1.85. The van der Waals surface area contributed by atoms with Crippen LogP contribution in [0.25, 0.3) is 0 Å². The summed E-state index contributed by atoms with van der Waals surface area (Å²) in [6.07, 6.45) is 4.27. The smallest absolute Gasteiger partial charge is 0.250 e. The van der Waals surface area contributed by atoms with Gasteiger partial charge in [0.05, 0.1) is 0 Å². The summed E-state index contributed by atoms with van der Waals surface area (Å²) in [5, 5.41) is 2.01. The van der Waals surface area contributed by atoms with E-state index in [1.54, 1.807) is 6.08 Å². The van der Waals surface area contributed by atoms with Gasteiger partial charge in [-0.2, -0.15) is 0 Å². The number of hydrogen-bond donors (Lipinski definition) is 1. The van der Waals surface area contributed by atoms with Crippen molar-refractivity contribution in [3.63, 3.8) is 0 Å². The predicted octanol–water partition coefficient (Wildman–Crippen LogP) is -0.233. The van der Waals surface area contributed by atoms with E-state index in [1.165, 1.54) is 6.08 Å². The summed E-state index contributed by atoms with van der Waals surface area (Å²) in [5.41, 5.74) is 0. The highest BCUT2D eigenvalue weighted by molar-refractivity contribution is 5.94. The predicted molar refractivity (Wildman–Crippen MR) is 46.5 cm³/mol. The lowest BCUT2D eigenvalue weighted by molar-refractivity contribution is -0.121. The lowest BCUT2D eigenvalue weighted by Crippen LogP contribution is -2.18. The third-order valence-corrected chi connectivity index (χ3v) is 1.21. The Morgan fingerprint density at radius 2 is 2.17 bits per heavy atom. The summed E-state index contributed by atoms with van der Waals surface area (Å²) in [7, 11) is 3.92. The summed E-state index contributed by atoms with van der Waals surface area (Å²) >= 11 is 0. The van der Waals surface area contributed by atoms with Crippen LogP contribution in [0.5, 0.6) is 0 Å². The van der Waals surface area contributed by atoms with Crippen molar-refractivity contribution < 1.29 is 9.59 Å². The number of nitrogens with zero attached hydrogens (tertiary/aromatic N) is 1. The van der Waals surface area contributed by atoms with E-state index in [0.29, 0.717) is 6.41 Å². The third-order valence-electron chi connectivity index (χ3n) is 1.21. The zero-order valence-corrected chi connectivity index (χ0v) is 7.41. The fraction of sp³-hybridized carbons (Fsp3) is 0.500. The van der Waals surface area contributed by atoms with Gasteiger partial charge in [0.2, 0.25) is 12.3 Å². The minimum atomic E-state index is -0.372. The van der Waals surface area contributed by atoms with Gasteiger partial charge in [0.15, 0.2) is 0 Å². The van der Waals surface area contributed by atoms with Crippen LogP contribution >= 0.6 is 0 Å². The largest absolute Gasteiger partial charge is 0.309 e. The van der Waals surface area contributed by atoms with E-state index in [4.69, 9.17) is 0 Å². The first-order valence-corrected chi connectivity index (χ1v) is 3.72. The summed E-state index contributed by atoms with van der Waals surface area (Å²) in [6, 6.07) is 0. The Balaban J connectivity index is 3.47. The van der Waals surface area contributed by atoms with Crippen LogP contribution in [0.4, 0.5) is 0 Å². The molecule has 12 heavy (non-hydrogen) atoms. The number of hydrogen-bond acceptors (Lipinski definition) is 3. The van der Waals surface area contributed by atoms with Crippen LogP contribution in [0.15, 0.2) is 12.2 Å². The highest BCUT2D eigenvalue weighted by atomic mass is 16.2. The molecule has 68 valence electrons. The number of carbonyl (C=O) groups is 2. The summed E-state index contributed by atoms with van der Waals surface area (Å²) in [6.45, 7) is 0.894. The van der Waals surface area contributed by atoms with E-state index in [9.17, 15) is 9.59 Å². The molecule has 0 heterocycles. The standard InChI is InChI=1S/C8H14N2O2/c1-10(2)6-4-3-5-8(12)9-7-11/h3,5,7H,4,6H2,1-2H3,(H,9,11,12). The minimum absolute atomic E-state index is 0.372. The van der Waals surface area contributed by atoms with E-state index < -0.39 is 0 Å². The van der Waals surface area contributed by atoms with Crippen LogP contribution in [0.1, 0.15) is 6.42 Å². The van der Waals surface area contributed by atoms with Crippen molar-refractivity contribution in [2.75, 3.05) is 20.6 Å². The zero-order chi connectivity index (χ0) is 9.40. The Labute approximate surface area is 72.2 Å². The molecule has 0 saturated carbocycles. The van der Waals surface area contributed by atoms with Crippen molar-refractivity contribution in [1.29, 1.82) is 0 Å². The Hall–Kier alpha value is -1.16. The summed E-state index contributed by atoms with van der Waals surface area (Å²) in [4.78, 5) is 22.4. The molecular weight excluding hydrogens is 156 g/mol. The van der Waals surface area contributed by atoms with Crippen molar-refractivity contribution in [2.45, 2.75) is 6.42 Å². The van der Waals surface area contributed by atoms with Crippen molar-refractivity contribution in [3.05, 3.63) is 12.2 Å². The quantitative estimate of drug-likeness (QED) is 0.458. The van der Waals surface area contributed by atoms with Gasteiger partial charge < -0.3 is 4.90 Å². The Bertz CT molecular complexity index is 176. The van der Waals surface area contributed by atoms with Crippen molar-refractivity contribution in [2.24, 2.45) is 0 Å². The van der Waals surface area contributed by atoms with Crippen LogP contribution in [0, 0.1) is 0 Å². The molecule has 0 fully saturated rings. The molecule has 0 saturated heterocycles. The molecule has 0 aromatic carbocycles. The normalized spacial score (nSPS) is 10.6. The van der Waals surface area contributed by atoms with Crippen LogP contribution in [-0.4, -0.2) is 37.9 Å². The molecule has 0 atom stereocenters. The second-order valence-corrected chi connectivity index (χ2v) is 2.62. The number of carbonyl (C=O) groups excluding carboxylic acids is 2. The van der Waals surface area contributed by atoms with Crippen molar-refractivity contribution in [3.8, 4) is 0 Å². The molecule has 0 bridgehead atoms. The average Bonchev–Trinajstić information content (AvgIpc) is 1.98. The Morgan fingerprint density at radius 3 is 2.67 bits per heavy atom. The Morgan fingerprint density at radius 1 is 1.50 bits per heavy atom. The van der Waals surface area contributed by atoms with Gasteiger partial charge in [-0.1, -0.05) is 6.08 Å². The molecule has 0 spiro atoms. The molecule has 0 aliphatic carbocycles. The summed E-state index contributed by atoms with van der Waals surface area (Å²) in [5.74, 6) is -0.372. The van der Waals surface area contributed by atoms with Gasteiger partial charge >= 0.3 is 0 Å². The lowest BCUT2D eigenvalue weighted by atomic mass is 10.3. The van der Waals surface area contributed by atoms with E-state index in [2.05, 4.69) is 0 Å². The molecule has 2 amide bonds. The maximum atomic E-state index is 10.6. The van der Waals surface area contributed by atoms with Crippen LogP contribution in [0.2, 0.25) is 0 Å². The number of imide groups is 1. The van der Waals surface area contributed by atoms with Crippen molar-refractivity contribution in [1.82, 2.24) is 10.2 Å². The summed E-state index contributed by atoms with van der Waals surface area (Å²) < 4.78 is 0. The second-order valence-electron chi connectivity index (χ2n) is 2.62. The van der Waals surface area contributed by atoms with Gasteiger partial charge in [0, 0.05) is 6.54 Å². The number of rotatable bonds is 5. The Kier molecular flexibility index (Phi) is 5.91. The first kappa shape index (κ1) is 10.8. The van der Waals surface area contributed by atoms with Gasteiger partial charge in [-0.05, 0) is 26.6 Å². The van der Waals surface area contributed by atoms with E-state index in [0.717, 1.165) is 13.0 Å². The molecule has 0 unspecified atom stereocenters. The maximum Gasteiger partial charge on any atom is 0.250 e. The molecule has 4 heteroatoms. The number of nitrogens with one attached hydrogen (secondary N) is 1. The van der Waals surface area contributed by atoms with Gasteiger partial charge in [-0.25, -0.2) is 0 Å². The van der Waals surface area contributed by atoms with Gasteiger partial charge in [-0.15, -0.1) is 0 Å². The molecule has 0 radical (unpaired) electrons. The fourth-order valence-corrected chi connectivity index (χ4v) is 0.629. The minimum Gasteiger partial charge on any atom is -0.309 e. The van der Waals surface area contributed by atoms with E-state index in [-0.39, 0.29) is 5.91 Å². The molecule has 0 rings (SSSR count). The maximum absolute atomic E-state index is 10.6. The molecule has 0 aliphatic rings. The monoisotopic (exact) mass is 170 g/mol. The zero-order valence-electron chi connectivity index (χ0n) is 7.41. The molecule has 0 aromatic rings. The molecule has 0 aliphatic heterocycles.